The van der Waals surface area contributed by atoms with Crippen molar-refractivity contribution in [2.75, 3.05) is 11.9 Å². The Morgan fingerprint density at radius 3 is 2.47 bits per heavy atom. The van der Waals surface area contributed by atoms with E-state index in [0.29, 0.717) is 10.2 Å². The molecule has 0 aromatic heterocycles. The van der Waals surface area contributed by atoms with E-state index in [4.69, 9.17) is 24.4 Å². The van der Waals surface area contributed by atoms with Gasteiger partial charge in [-0.1, -0.05) is 31.5 Å². The summed E-state index contributed by atoms with van der Waals surface area (Å²) in [5.74, 6) is 0. The van der Waals surface area contributed by atoms with Crippen molar-refractivity contribution < 1.29 is 0 Å². The molecule has 3 nitrogen and oxygen atoms in total. The lowest BCUT2D eigenvalue weighted by atomic mass is 10.3. The van der Waals surface area contributed by atoms with Gasteiger partial charge in [0.25, 0.3) is 0 Å². The predicted octanol–water partition coefficient (Wildman–Crippen LogP) is 2.65. The average molecular weight is 267 g/mol. The molecule has 0 amide bonds. The van der Waals surface area contributed by atoms with E-state index in [1.54, 1.807) is 0 Å². The molecule has 0 aliphatic carbocycles. The van der Waals surface area contributed by atoms with Crippen molar-refractivity contribution in [1.29, 1.82) is 0 Å². The monoisotopic (exact) mass is 267 g/mol. The number of benzene rings is 1. The lowest BCUT2D eigenvalue weighted by Gasteiger charge is -2.12. The maximum atomic E-state index is 5.14. The van der Waals surface area contributed by atoms with Crippen molar-refractivity contribution in [3.8, 4) is 0 Å². The molecule has 0 aliphatic rings. The molecule has 0 aliphatic heterocycles. The van der Waals surface area contributed by atoms with Gasteiger partial charge in [-0.2, -0.15) is 0 Å². The van der Waals surface area contributed by atoms with Gasteiger partial charge in [-0.3, -0.25) is 0 Å². The van der Waals surface area contributed by atoms with Crippen molar-refractivity contribution in [1.82, 2.24) is 10.6 Å². The molecule has 0 heterocycles. The molecule has 0 fully saturated rings. The van der Waals surface area contributed by atoms with Gasteiger partial charge in [-0.15, -0.1) is 0 Å². The van der Waals surface area contributed by atoms with Crippen LogP contribution in [0.4, 0.5) is 5.69 Å². The lowest BCUT2D eigenvalue weighted by molar-refractivity contribution is 0.753. The van der Waals surface area contributed by atoms with E-state index >= 15 is 0 Å². The highest BCUT2D eigenvalue weighted by atomic mass is 32.1. The maximum Gasteiger partial charge on any atom is 0.177 e. The van der Waals surface area contributed by atoms with Crippen LogP contribution in [0.5, 0.6) is 0 Å². The highest BCUT2D eigenvalue weighted by Crippen LogP contribution is 2.04. The number of rotatable bonds is 4. The zero-order valence-electron chi connectivity index (χ0n) is 9.82. The molecule has 1 aromatic rings. The summed E-state index contributed by atoms with van der Waals surface area (Å²) in [6, 6.07) is 9.74. The largest absolute Gasteiger partial charge is 0.362 e. The summed E-state index contributed by atoms with van der Waals surface area (Å²) in [5, 5.41) is 10.1. The summed E-state index contributed by atoms with van der Waals surface area (Å²) in [6.45, 7) is 3.01. The van der Waals surface area contributed by atoms with Crippen LogP contribution in [0.2, 0.25) is 0 Å². The van der Waals surface area contributed by atoms with Gasteiger partial charge in [0.15, 0.2) is 10.2 Å². The van der Waals surface area contributed by atoms with Crippen LogP contribution < -0.4 is 16.0 Å². The van der Waals surface area contributed by atoms with Crippen molar-refractivity contribution >= 4 is 40.3 Å². The van der Waals surface area contributed by atoms with E-state index in [1.165, 1.54) is 0 Å². The lowest BCUT2D eigenvalue weighted by Crippen LogP contribution is -2.41. The standard InChI is InChI=1S/C12H17N3S2/c1-2-3-9-13-11(16)15-12(17)14-10-7-5-4-6-8-10/h4-8H,2-3,9H2,1H3,(H3,13,14,15,16,17). The minimum atomic E-state index is 0.505. The molecule has 0 saturated carbocycles. The Bertz CT molecular complexity index is 365. The Hall–Kier alpha value is -1.20. The molecule has 0 bridgehead atoms. The second-order valence-corrected chi connectivity index (χ2v) is 4.37. The third-order valence-corrected chi connectivity index (χ3v) is 2.53. The Labute approximate surface area is 113 Å². The molecule has 17 heavy (non-hydrogen) atoms. The number of para-hydroxylation sites is 1. The second-order valence-electron chi connectivity index (χ2n) is 3.55. The number of nitrogens with one attached hydrogen (secondary N) is 3. The predicted molar refractivity (Wildman–Crippen MR) is 81.3 cm³/mol. The van der Waals surface area contributed by atoms with Crippen LogP contribution in [-0.4, -0.2) is 16.8 Å². The van der Waals surface area contributed by atoms with Gasteiger partial charge in [0.05, 0.1) is 0 Å². The second kappa shape index (κ2) is 7.97. The van der Waals surface area contributed by atoms with Crippen molar-refractivity contribution in [3.63, 3.8) is 0 Å². The Balaban J connectivity index is 2.27. The molecular formula is C12H17N3S2. The van der Waals surface area contributed by atoms with Crippen LogP contribution in [0.3, 0.4) is 0 Å². The van der Waals surface area contributed by atoms with Crippen LogP contribution in [0.25, 0.3) is 0 Å². The van der Waals surface area contributed by atoms with E-state index in [9.17, 15) is 0 Å². The minimum absolute atomic E-state index is 0.505. The van der Waals surface area contributed by atoms with Crippen LogP contribution >= 0.6 is 24.4 Å². The van der Waals surface area contributed by atoms with Crippen molar-refractivity contribution in [3.05, 3.63) is 30.3 Å². The number of unbranched alkanes of at least 4 members (excludes halogenated alkanes) is 1. The number of hydrogen-bond donors (Lipinski definition) is 3. The Morgan fingerprint density at radius 2 is 1.82 bits per heavy atom. The molecule has 92 valence electrons. The van der Waals surface area contributed by atoms with E-state index in [-0.39, 0.29) is 0 Å². The van der Waals surface area contributed by atoms with Gasteiger partial charge >= 0.3 is 0 Å². The van der Waals surface area contributed by atoms with E-state index in [2.05, 4.69) is 22.9 Å². The fourth-order valence-electron chi connectivity index (χ4n) is 1.21. The quantitative estimate of drug-likeness (QED) is 0.577. The molecule has 5 heteroatoms. The van der Waals surface area contributed by atoms with Crippen LogP contribution in [0.15, 0.2) is 30.3 Å². The Kier molecular flexibility index (Phi) is 6.50. The fraction of sp³-hybridized carbons (Fsp3) is 0.333. The summed E-state index contributed by atoms with van der Waals surface area (Å²) >= 11 is 10.3. The van der Waals surface area contributed by atoms with E-state index < -0.39 is 0 Å². The highest BCUT2D eigenvalue weighted by molar-refractivity contribution is 7.82. The Morgan fingerprint density at radius 1 is 1.12 bits per heavy atom. The number of thiocarbonyl (C=S) groups is 2. The molecular weight excluding hydrogens is 250 g/mol. The SMILES string of the molecule is CCCCNC(=S)NC(=S)Nc1ccccc1. The van der Waals surface area contributed by atoms with Crippen molar-refractivity contribution in [2.45, 2.75) is 19.8 Å². The van der Waals surface area contributed by atoms with Gasteiger partial charge in [-0.25, -0.2) is 0 Å². The minimum Gasteiger partial charge on any atom is -0.362 e. The molecule has 1 aromatic carbocycles. The summed E-state index contributed by atoms with van der Waals surface area (Å²) in [7, 11) is 0. The molecule has 3 N–H and O–H groups in total. The molecule has 0 radical (unpaired) electrons. The van der Waals surface area contributed by atoms with Crippen LogP contribution in [0, 0.1) is 0 Å². The average Bonchev–Trinajstić information content (AvgIpc) is 2.30. The van der Waals surface area contributed by atoms with Crippen molar-refractivity contribution in [2.24, 2.45) is 0 Å². The smallest absolute Gasteiger partial charge is 0.177 e. The molecule has 0 atom stereocenters. The van der Waals surface area contributed by atoms with Crippen LogP contribution in [0.1, 0.15) is 19.8 Å². The molecule has 1 rings (SSSR count). The van der Waals surface area contributed by atoms with Gasteiger partial charge in [-0.05, 0) is 43.0 Å². The van der Waals surface area contributed by atoms with Gasteiger partial charge in [0.1, 0.15) is 0 Å². The number of hydrogen-bond acceptors (Lipinski definition) is 2. The van der Waals surface area contributed by atoms with Gasteiger partial charge < -0.3 is 16.0 Å². The summed E-state index contributed by atoms with van der Waals surface area (Å²) in [6.07, 6.45) is 2.24. The first-order valence-corrected chi connectivity index (χ1v) is 6.45. The molecule has 0 saturated heterocycles. The fourth-order valence-corrected chi connectivity index (χ4v) is 1.70. The number of anilines is 1. The first-order valence-electron chi connectivity index (χ1n) is 5.63. The van der Waals surface area contributed by atoms with Gasteiger partial charge in [0, 0.05) is 12.2 Å². The van der Waals surface area contributed by atoms with Crippen LogP contribution in [-0.2, 0) is 0 Å². The normalized spacial score (nSPS) is 9.47. The van der Waals surface area contributed by atoms with E-state index in [1.807, 2.05) is 30.3 Å². The topological polar surface area (TPSA) is 36.1 Å². The third-order valence-electron chi connectivity index (χ3n) is 2.07. The summed E-state index contributed by atoms with van der Waals surface area (Å²) in [4.78, 5) is 0. The highest BCUT2D eigenvalue weighted by Gasteiger charge is 1.99. The van der Waals surface area contributed by atoms with E-state index in [0.717, 1.165) is 25.1 Å². The summed E-state index contributed by atoms with van der Waals surface area (Å²) < 4.78 is 0. The zero-order valence-corrected chi connectivity index (χ0v) is 11.5. The molecule has 0 spiro atoms. The first kappa shape index (κ1) is 13.9. The molecule has 0 unspecified atom stereocenters. The zero-order chi connectivity index (χ0) is 12.5. The summed E-state index contributed by atoms with van der Waals surface area (Å²) in [5.41, 5.74) is 0.946. The third kappa shape index (κ3) is 6.19. The first-order chi connectivity index (χ1) is 8.22. The van der Waals surface area contributed by atoms with Gasteiger partial charge in [0.2, 0.25) is 0 Å². The maximum absolute atomic E-state index is 5.14.